The minimum atomic E-state index is 0.161. The van der Waals surface area contributed by atoms with Crippen LogP contribution >= 0.6 is 11.6 Å². The van der Waals surface area contributed by atoms with E-state index in [0.717, 1.165) is 43.4 Å². The molecule has 0 amide bonds. The Balaban J connectivity index is 2.13. The van der Waals surface area contributed by atoms with Gasteiger partial charge in [-0.05, 0) is 31.1 Å². The molecule has 0 bridgehead atoms. The van der Waals surface area contributed by atoms with Crippen LogP contribution in [0.3, 0.4) is 0 Å². The number of morpholine rings is 1. The van der Waals surface area contributed by atoms with Crippen LogP contribution in [0.2, 0.25) is 5.02 Å². The number of halogens is 1. The second-order valence-corrected chi connectivity index (χ2v) is 5.67. The van der Waals surface area contributed by atoms with Gasteiger partial charge in [0.05, 0.1) is 18.8 Å². The van der Waals surface area contributed by atoms with Crippen molar-refractivity contribution in [3.05, 3.63) is 34.9 Å². The number of hydrogen-bond acceptors (Lipinski definition) is 3. The smallest absolute Gasteiger partial charge is 0.0897 e. The third-order valence-electron chi connectivity index (χ3n) is 3.75. The fourth-order valence-electron chi connectivity index (χ4n) is 2.84. The second-order valence-electron chi connectivity index (χ2n) is 5.27. The van der Waals surface area contributed by atoms with Gasteiger partial charge in [-0.1, -0.05) is 43.6 Å². The predicted octanol–water partition coefficient (Wildman–Crippen LogP) is 3.10. The minimum Gasteiger partial charge on any atom is -0.374 e. The van der Waals surface area contributed by atoms with E-state index in [1.54, 1.807) is 0 Å². The number of likely N-dealkylation sites (N-methyl/N-ethyl adjacent to an activating group) is 1. The summed E-state index contributed by atoms with van der Waals surface area (Å²) < 4.78 is 6.02. The molecule has 1 aliphatic rings. The molecular weight excluding hydrogens is 272 g/mol. The lowest BCUT2D eigenvalue weighted by atomic mass is 9.99. The molecule has 2 atom stereocenters. The van der Waals surface area contributed by atoms with Gasteiger partial charge in [-0.2, -0.15) is 0 Å². The van der Waals surface area contributed by atoms with Crippen LogP contribution in [-0.2, 0) is 4.74 Å². The summed E-state index contributed by atoms with van der Waals surface area (Å²) >= 11 is 6.36. The zero-order chi connectivity index (χ0) is 14.4. The van der Waals surface area contributed by atoms with Crippen LogP contribution in [0.15, 0.2) is 24.3 Å². The van der Waals surface area contributed by atoms with Crippen molar-refractivity contribution in [2.24, 2.45) is 0 Å². The summed E-state index contributed by atoms with van der Waals surface area (Å²) in [6.45, 7) is 9.20. The van der Waals surface area contributed by atoms with E-state index >= 15 is 0 Å². The number of benzene rings is 1. The molecule has 0 aromatic heterocycles. The standard InChI is InChI=1S/C16H25ClN2O/c1-3-9-19-10-11-20-15(12-19)16(18-4-2)13-7-5-6-8-14(13)17/h5-8,15-16,18H,3-4,9-12H2,1-2H3. The lowest BCUT2D eigenvalue weighted by molar-refractivity contribution is -0.0468. The van der Waals surface area contributed by atoms with Crippen molar-refractivity contribution in [1.29, 1.82) is 0 Å². The fourth-order valence-corrected chi connectivity index (χ4v) is 3.09. The van der Waals surface area contributed by atoms with Crippen molar-refractivity contribution >= 4 is 11.6 Å². The summed E-state index contributed by atoms with van der Waals surface area (Å²) in [7, 11) is 0. The number of nitrogens with one attached hydrogen (secondary N) is 1. The van der Waals surface area contributed by atoms with E-state index in [4.69, 9.17) is 16.3 Å². The first-order valence-electron chi connectivity index (χ1n) is 7.58. The normalized spacial score (nSPS) is 21.9. The Hall–Kier alpha value is -0.610. The lowest BCUT2D eigenvalue weighted by Gasteiger charge is -2.37. The molecule has 2 rings (SSSR count). The van der Waals surface area contributed by atoms with Crippen molar-refractivity contribution in [1.82, 2.24) is 10.2 Å². The van der Waals surface area contributed by atoms with Gasteiger partial charge in [-0.15, -0.1) is 0 Å². The molecule has 20 heavy (non-hydrogen) atoms. The summed E-state index contributed by atoms with van der Waals surface area (Å²) in [5, 5.41) is 4.35. The van der Waals surface area contributed by atoms with Gasteiger partial charge in [0.2, 0.25) is 0 Å². The van der Waals surface area contributed by atoms with Gasteiger partial charge in [-0.25, -0.2) is 0 Å². The monoisotopic (exact) mass is 296 g/mol. The van der Waals surface area contributed by atoms with E-state index in [-0.39, 0.29) is 12.1 Å². The third kappa shape index (κ3) is 3.95. The fraction of sp³-hybridized carbons (Fsp3) is 0.625. The molecule has 1 heterocycles. The molecule has 1 aromatic carbocycles. The van der Waals surface area contributed by atoms with E-state index in [2.05, 4.69) is 30.1 Å². The van der Waals surface area contributed by atoms with Gasteiger partial charge in [0.15, 0.2) is 0 Å². The molecule has 1 N–H and O–H groups in total. The summed E-state index contributed by atoms with van der Waals surface area (Å²) in [4.78, 5) is 2.48. The second kappa shape index (κ2) is 7.99. The van der Waals surface area contributed by atoms with Crippen LogP contribution in [0.25, 0.3) is 0 Å². The number of hydrogen-bond donors (Lipinski definition) is 1. The Kier molecular flexibility index (Phi) is 6.30. The summed E-state index contributed by atoms with van der Waals surface area (Å²) in [5.74, 6) is 0. The van der Waals surface area contributed by atoms with Crippen molar-refractivity contribution in [2.45, 2.75) is 32.4 Å². The van der Waals surface area contributed by atoms with Crippen LogP contribution in [0.4, 0.5) is 0 Å². The molecule has 0 saturated carbocycles. The number of nitrogens with zero attached hydrogens (tertiary/aromatic N) is 1. The minimum absolute atomic E-state index is 0.161. The van der Waals surface area contributed by atoms with E-state index in [1.807, 2.05) is 18.2 Å². The zero-order valence-electron chi connectivity index (χ0n) is 12.4. The number of rotatable bonds is 6. The highest BCUT2D eigenvalue weighted by Gasteiger charge is 2.29. The summed E-state index contributed by atoms with van der Waals surface area (Å²) in [6.07, 6.45) is 1.35. The Labute approximate surface area is 127 Å². The molecular formula is C16H25ClN2O. The van der Waals surface area contributed by atoms with Gasteiger partial charge in [0.1, 0.15) is 0 Å². The van der Waals surface area contributed by atoms with Crippen LogP contribution in [0, 0.1) is 0 Å². The summed E-state index contributed by atoms with van der Waals surface area (Å²) in [6, 6.07) is 8.22. The topological polar surface area (TPSA) is 24.5 Å². The average Bonchev–Trinajstić information content (AvgIpc) is 2.46. The first-order chi connectivity index (χ1) is 9.76. The first-order valence-corrected chi connectivity index (χ1v) is 7.95. The molecule has 4 heteroatoms. The van der Waals surface area contributed by atoms with Crippen LogP contribution < -0.4 is 5.32 Å². The van der Waals surface area contributed by atoms with Gasteiger partial charge in [0, 0.05) is 18.1 Å². The average molecular weight is 297 g/mol. The van der Waals surface area contributed by atoms with Crippen LogP contribution in [-0.4, -0.2) is 43.8 Å². The van der Waals surface area contributed by atoms with E-state index in [0.29, 0.717) is 0 Å². The van der Waals surface area contributed by atoms with Crippen molar-refractivity contribution in [3.8, 4) is 0 Å². The Bertz CT molecular complexity index is 411. The largest absolute Gasteiger partial charge is 0.374 e. The quantitative estimate of drug-likeness (QED) is 0.873. The first kappa shape index (κ1) is 15.8. The van der Waals surface area contributed by atoms with E-state index in [9.17, 15) is 0 Å². The summed E-state index contributed by atoms with van der Waals surface area (Å²) in [5.41, 5.74) is 1.14. The molecule has 112 valence electrons. The van der Waals surface area contributed by atoms with E-state index in [1.165, 1.54) is 6.42 Å². The Morgan fingerprint density at radius 2 is 2.20 bits per heavy atom. The van der Waals surface area contributed by atoms with E-state index < -0.39 is 0 Å². The van der Waals surface area contributed by atoms with Crippen LogP contribution in [0.5, 0.6) is 0 Å². The molecule has 1 fully saturated rings. The zero-order valence-corrected chi connectivity index (χ0v) is 13.2. The maximum absolute atomic E-state index is 6.36. The molecule has 0 aliphatic carbocycles. The molecule has 0 radical (unpaired) electrons. The molecule has 2 unspecified atom stereocenters. The third-order valence-corrected chi connectivity index (χ3v) is 4.10. The SMILES string of the molecule is CCCN1CCOC(C(NCC)c2ccccc2Cl)C1. The Morgan fingerprint density at radius 3 is 2.90 bits per heavy atom. The highest BCUT2D eigenvalue weighted by Crippen LogP contribution is 2.28. The lowest BCUT2D eigenvalue weighted by Crippen LogP contribution is -2.48. The van der Waals surface area contributed by atoms with Crippen molar-refractivity contribution in [3.63, 3.8) is 0 Å². The van der Waals surface area contributed by atoms with Gasteiger partial charge >= 0.3 is 0 Å². The van der Waals surface area contributed by atoms with Crippen molar-refractivity contribution < 1.29 is 4.74 Å². The maximum Gasteiger partial charge on any atom is 0.0897 e. The number of ether oxygens (including phenoxy) is 1. The maximum atomic E-state index is 6.36. The van der Waals surface area contributed by atoms with Gasteiger partial charge in [0.25, 0.3) is 0 Å². The molecule has 1 aliphatic heterocycles. The predicted molar refractivity (Wildman–Crippen MR) is 84.3 cm³/mol. The van der Waals surface area contributed by atoms with Crippen molar-refractivity contribution in [2.75, 3.05) is 32.8 Å². The van der Waals surface area contributed by atoms with Gasteiger partial charge in [-0.3, -0.25) is 4.90 Å². The van der Waals surface area contributed by atoms with Crippen LogP contribution in [0.1, 0.15) is 31.9 Å². The highest BCUT2D eigenvalue weighted by atomic mass is 35.5. The molecule has 1 saturated heterocycles. The molecule has 1 aromatic rings. The molecule has 0 spiro atoms. The molecule has 3 nitrogen and oxygen atoms in total. The van der Waals surface area contributed by atoms with Gasteiger partial charge < -0.3 is 10.1 Å². The highest BCUT2D eigenvalue weighted by molar-refractivity contribution is 6.31. The Morgan fingerprint density at radius 1 is 1.40 bits per heavy atom.